The lowest BCUT2D eigenvalue weighted by Gasteiger charge is -2.03. The molecule has 0 fully saturated rings. The Kier molecular flexibility index (Phi) is 3.84. The van der Waals surface area contributed by atoms with Crippen LogP contribution in [0.25, 0.3) is 0 Å². The minimum Gasteiger partial charge on any atom is -0.481 e. The smallest absolute Gasteiger partial charge is 0.303 e. The van der Waals surface area contributed by atoms with Crippen LogP contribution in [0.4, 0.5) is 8.78 Å². The lowest BCUT2D eigenvalue weighted by molar-refractivity contribution is -0.136. The molecule has 0 aliphatic carbocycles. The highest BCUT2D eigenvalue weighted by Gasteiger charge is 2.10. The van der Waals surface area contributed by atoms with Gasteiger partial charge in [-0.15, -0.1) is 5.10 Å². The number of aromatic nitrogens is 3. The fourth-order valence-electron chi connectivity index (χ4n) is 1.61. The van der Waals surface area contributed by atoms with Crippen LogP contribution in [0.2, 0.25) is 0 Å². The Morgan fingerprint density at radius 3 is 2.63 bits per heavy atom. The van der Waals surface area contributed by atoms with Crippen molar-refractivity contribution in [1.29, 1.82) is 0 Å². The van der Waals surface area contributed by atoms with E-state index in [-0.39, 0.29) is 24.9 Å². The van der Waals surface area contributed by atoms with Gasteiger partial charge in [-0.2, -0.15) is 0 Å². The van der Waals surface area contributed by atoms with Gasteiger partial charge in [0, 0.05) is 18.2 Å². The Labute approximate surface area is 107 Å². The number of nitrogens with zero attached hydrogens (tertiary/aromatic N) is 3. The molecule has 19 heavy (non-hydrogen) atoms. The molecule has 0 amide bonds. The van der Waals surface area contributed by atoms with E-state index in [4.69, 9.17) is 5.11 Å². The number of aryl methyl sites for hydroxylation is 1. The molecule has 1 aromatic heterocycles. The van der Waals surface area contributed by atoms with Gasteiger partial charge in [0.05, 0.1) is 18.7 Å². The molecule has 0 aliphatic rings. The molecule has 0 bridgehead atoms. The van der Waals surface area contributed by atoms with Gasteiger partial charge in [0.25, 0.3) is 0 Å². The van der Waals surface area contributed by atoms with Crippen molar-refractivity contribution in [1.82, 2.24) is 15.0 Å². The van der Waals surface area contributed by atoms with Crippen LogP contribution >= 0.6 is 0 Å². The molecular formula is C12H11F2N3O2. The first kappa shape index (κ1) is 13.1. The number of hydrogen-bond acceptors (Lipinski definition) is 3. The third-order valence-electron chi connectivity index (χ3n) is 2.56. The summed E-state index contributed by atoms with van der Waals surface area (Å²) in [5, 5.41) is 16.0. The van der Waals surface area contributed by atoms with Gasteiger partial charge in [0.1, 0.15) is 11.6 Å². The third kappa shape index (κ3) is 3.34. The van der Waals surface area contributed by atoms with Crippen LogP contribution in [-0.4, -0.2) is 26.1 Å². The monoisotopic (exact) mass is 267 g/mol. The number of benzene rings is 1. The zero-order valence-electron chi connectivity index (χ0n) is 9.88. The molecule has 1 N–H and O–H groups in total. The maximum atomic E-state index is 13.4. The highest BCUT2D eigenvalue weighted by atomic mass is 19.1. The topological polar surface area (TPSA) is 68.0 Å². The van der Waals surface area contributed by atoms with Gasteiger partial charge in [0.2, 0.25) is 0 Å². The van der Waals surface area contributed by atoms with E-state index in [1.807, 2.05) is 0 Å². The Hall–Kier alpha value is -2.31. The van der Waals surface area contributed by atoms with Crippen LogP contribution in [0.5, 0.6) is 0 Å². The van der Waals surface area contributed by atoms with Crippen molar-refractivity contribution in [2.75, 3.05) is 0 Å². The number of hydrogen-bond donors (Lipinski definition) is 1. The summed E-state index contributed by atoms with van der Waals surface area (Å²) in [5.41, 5.74) is 0.372. The molecule has 5 nitrogen and oxygen atoms in total. The van der Waals surface area contributed by atoms with Gasteiger partial charge < -0.3 is 5.11 Å². The van der Waals surface area contributed by atoms with E-state index in [2.05, 4.69) is 10.3 Å². The summed E-state index contributed by atoms with van der Waals surface area (Å²) in [6.07, 6.45) is 1.65. The minimum absolute atomic E-state index is 0.0627. The molecule has 0 saturated carbocycles. The van der Waals surface area contributed by atoms with Gasteiger partial charge in [-0.3, -0.25) is 4.79 Å². The van der Waals surface area contributed by atoms with Gasteiger partial charge in [-0.1, -0.05) is 11.3 Å². The van der Waals surface area contributed by atoms with Crippen LogP contribution in [-0.2, 0) is 17.8 Å². The van der Waals surface area contributed by atoms with Crippen LogP contribution in [0.15, 0.2) is 24.4 Å². The summed E-state index contributed by atoms with van der Waals surface area (Å²) >= 11 is 0. The number of carbonyl (C=O) groups is 1. The van der Waals surface area contributed by atoms with E-state index in [1.54, 1.807) is 0 Å². The maximum absolute atomic E-state index is 13.4. The first-order valence-electron chi connectivity index (χ1n) is 5.60. The van der Waals surface area contributed by atoms with Gasteiger partial charge in [0.15, 0.2) is 0 Å². The van der Waals surface area contributed by atoms with E-state index in [0.717, 1.165) is 0 Å². The Morgan fingerprint density at radius 1 is 1.32 bits per heavy atom. The summed E-state index contributed by atoms with van der Waals surface area (Å²) in [7, 11) is 0. The van der Waals surface area contributed by atoms with Crippen molar-refractivity contribution in [3.63, 3.8) is 0 Å². The fourth-order valence-corrected chi connectivity index (χ4v) is 1.61. The summed E-state index contributed by atoms with van der Waals surface area (Å²) in [6.45, 7) is -0.0847. The zero-order chi connectivity index (χ0) is 13.8. The summed E-state index contributed by atoms with van der Waals surface area (Å²) in [5.74, 6) is -2.24. The molecular weight excluding hydrogens is 256 g/mol. The van der Waals surface area contributed by atoms with Crippen molar-refractivity contribution in [2.24, 2.45) is 0 Å². The second-order valence-electron chi connectivity index (χ2n) is 4.00. The quantitative estimate of drug-likeness (QED) is 0.893. The standard InChI is InChI=1S/C12H11F2N3O2/c13-10-2-1-3-11(14)9(10)7-17-6-8(15-16-17)4-5-12(18)19/h1-3,6H,4-5,7H2,(H,18,19). The third-order valence-corrected chi connectivity index (χ3v) is 2.56. The summed E-state index contributed by atoms with van der Waals surface area (Å²) in [4.78, 5) is 10.4. The predicted molar refractivity (Wildman–Crippen MR) is 61.4 cm³/mol. The highest BCUT2D eigenvalue weighted by Crippen LogP contribution is 2.13. The van der Waals surface area contributed by atoms with E-state index in [9.17, 15) is 13.6 Å². The number of halogens is 2. The van der Waals surface area contributed by atoms with Gasteiger partial charge in [-0.05, 0) is 12.1 Å². The molecule has 7 heteroatoms. The van der Waals surface area contributed by atoms with Crippen molar-refractivity contribution < 1.29 is 18.7 Å². The summed E-state index contributed by atoms with van der Waals surface area (Å²) < 4.78 is 28.1. The van der Waals surface area contributed by atoms with Crippen molar-refractivity contribution in [3.05, 3.63) is 47.3 Å². The molecule has 2 aromatic rings. The van der Waals surface area contributed by atoms with Crippen molar-refractivity contribution in [3.8, 4) is 0 Å². The highest BCUT2D eigenvalue weighted by molar-refractivity contribution is 5.66. The molecule has 2 rings (SSSR count). The minimum atomic E-state index is -0.935. The van der Waals surface area contributed by atoms with Gasteiger partial charge >= 0.3 is 5.97 Å². The number of carboxylic acid groups (broad SMARTS) is 1. The Balaban J connectivity index is 2.09. The Bertz CT molecular complexity index is 578. The zero-order valence-corrected chi connectivity index (χ0v) is 9.88. The average Bonchev–Trinajstić information content (AvgIpc) is 2.79. The fraction of sp³-hybridized carbons (Fsp3) is 0.250. The molecule has 0 atom stereocenters. The van der Waals surface area contributed by atoms with Crippen LogP contribution in [0.1, 0.15) is 17.7 Å². The first-order chi connectivity index (χ1) is 9.06. The molecule has 0 spiro atoms. The normalized spacial score (nSPS) is 10.6. The van der Waals surface area contributed by atoms with Crippen LogP contribution in [0.3, 0.4) is 0 Å². The predicted octanol–water partition coefficient (Wildman–Crippen LogP) is 1.62. The largest absolute Gasteiger partial charge is 0.481 e. The van der Waals surface area contributed by atoms with Crippen molar-refractivity contribution >= 4 is 5.97 Å². The summed E-state index contributed by atoms with van der Waals surface area (Å²) in [6, 6.07) is 3.62. The Morgan fingerprint density at radius 2 is 2.00 bits per heavy atom. The SMILES string of the molecule is O=C(O)CCc1cn(Cc2c(F)cccc2F)nn1. The number of carboxylic acids is 1. The van der Waals surface area contributed by atoms with E-state index >= 15 is 0 Å². The van der Waals surface area contributed by atoms with Crippen molar-refractivity contribution in [2.45, 2.75) is 19.4 Å². The average molecular weight is 267 g/mol. The lowest BCUT2D eigenvalue weighted by Crippen LogP contribution is -2.05. The van der Waals surface area contributed by atoms with Crippen LogP contribution < -0.4 is 0 Å². The molecule has 0 radical (unpaired) electrons. The second kappa shape index (κ2) is 5.55. The molecule has 0 aliphatic heterocycles. The molecule has 1 heterocycles. The van der Waals surface area contributed by atoms with Gasteiger partial charge in [-0.25, -0.2) is 13.5 Å². The molecule has 100 valence electrons. The van der Waals surface area contributed by atoms with E-state index in [0.29, 0.717) is 5.69 Å². The van der Waals surface area contributed by atoms with E-state index < -0.39 is 17.6 Å². The molecule has 0 saturated heterocycles. The van der Waals surface area contributed by atoms with E-state index in [1.165, 1.54) is 29.1 Å². The maximum Gasteiger partial charge on any atom is 0.303 e. The number of rotatable bonds is 5. The second-order valence-corrected chi connectivity index (χ2v) is 4.00. The molecule has 0 unspecified atom stereocenters. The molecule has 1 aromatic carbocycles. The number of aliphatic carboxylic acids is 1. The first-order valence-corrected chi connectivity index (χ1v) is 5.60. The van der Waals surface area contributed by atoms with Crippen LogP contribution in [0, 0.1) is 11.6 Å². The lowest BCUT2D eigenvalue weighted by atomic mass is 10.2.